The second-order valence-electron chi connectivity index (χ2n) is 4.73. The lowest BCUT2D eigenvalue weighted by Crippen LogP contribution is -2.36. The molecule has 120 valence electrons. The van der Waals surface area contributed by atoms with Gasteiger partial charge in [-0.05, 0) is 0 Å². The molecule has 0 saturated carbocycles. The van der Waals surface area contributed by atoms with Crippen LogP contribution in [0, 0.1) is 0 Å². The molecule has 1 aromatic carbocycles. The van der Waals surface area contributed by atoms with Crippen molar-refractivity contribution in [2.24, 2.45) is 7.05 Å². The van der Waals surface area contributed by atoms with Crippen molar-refractivity contribution >= 4 is 10.0 Å². The Morgan fingerprint density at radius 3 is 2.27 bits per heavy atom. The fourth-order valence-corrected chi connectivity index (χ4v) is 3.78. The van der Waals surface area contributed by atoms with Gasteiger partial charge in [0.15, 0.2) is 0 Å². The molecule has 0 radical (unpaired) electrons. The van der Waals surface area contributed by atoms with E-state index in [4.69, 9.17) is 10.2 Å². The highest BCUT2D eigenvalue weighted by Crippen LogP contribution is 2.27. The summed E-state index contributed by atoms with van der Waals surface area (Å²) in [6.07, 6.45) is 1.43. The zero-order chi connectivity index (χ0) is 16.2. The molecule has 2 aromatic rings. The highest BCUT2D eigenvalue weighted by Gasteiger charge is 2.29. The lowest BCUT2D eigenvalue weighted by atomic mass is 10.2. The van der Waals surface area contributed by atoms with Gasteiger partial charge in [0.1, 0.15) is 10.6 Å². The quantitative estimate of drug-likeness (QED) is 0.751. The summed E-state index contributed by atoms with van der Waals surface area (Å²) in [6, 6.07) is 9.01. The summed E-state index contributed by atoms with van der Waals surface area (Å²) in [5.41, 5.74) is 1.04. The third-order valence-corrected chi connectivity index (χ3v) is 5.06. The third kappa shape index (κ3) is 3.36. The Morgan fingerprint density at radius 2 is 1.73 bits per heavy atom. The lowest BCUT2D eigenvalue weighted by Gasteiger charge is -2.19. The molecule has 22 heavy (non-hydrogen) atoms. The Morgan fingerprint density at radius 1 is 1.14 bits per heavy atom. The zero-order valence-electron chi connectivity index (χ0n) is 12.3. The molecule has 0 amide bonds. The van der Waals surface area contributed by atoms with Crippen LogP contribution < -0.4 is 0 Å². The summed E-state index contributed by atoms with van der Waals surface area (Å²) < 4.78 is 28.0. The van der Waals surface area contributed by atoms with E-state index in [1.807, 2.05) is 6.07 Å². The van der Waals surface area contributed by atoms with Crippen molar-refractivity contribution in [1.29, 1.82) is 0 Å². The van der Waals surface area contributed by atoms with E-state index in [0.29, 0.717) is 11.3 Å². The molecule has 2 N–H and O–H groups in total. The number of aromatic nitrogens is 2. The minimum atomic E-state index is -3.85. The smallest absolute Gasteiger partial charge is 0.246 e. The molecule has 0 aliphatic carbocycles. The number of aryl methyl sites for hydroxylation is 1. The molecule has 0 bridgehead atoms. The maximum Gasteiger partial charge on any atom is 0.246 e. The summed E-state index contributed by atoms with van der Waals surface area (Å²) in [5, 5.41) is 22.3. The van der Waals surface area contributed by atoms with Crippen molar-refractivity contribution in [3.05, 3.63) is 36.5 Å². The summed E-state index contributed by atoms with van der Waals surface area (Å²) in [6.45, 7) is -0.793. The monoisotopic (exact) mass is 325 g/mol. The topological polar surface area (TPSA) is 95.7 Å². The van der Waals surface area contributed by atoms with Crippen molar-refractivity contribution in [2.75, 3.05) is 26.3 Å². The van der Waals surface area contributed by atoms with Gasteiger partial charge in [0.25, 0.3) is 0 Å². The number of aliphatic hydroxyl groups excluding tert-OH is 2. The molecular formula is C14H19N3O4S. The van der Waals surface area contributed by atoms with Crippen molar-refractivity contribution in [2.45, 2.75) is 4.90 Å². The molecular weight excluding hydrogens is 306 g/mol. The molecule has 0 fully saturated rings. The SMILES string of the molecule is Cn1cc(S(=O)(=O)N(CCO)CCO)c(-c2ccccc2)n1. The number of nitrogens with zero attached hydrogens (tertiary/aromatic N) is 3. The van der Waals surface area contributed by atoms with Gasteiger partial charge in [0, 0.05) is 31.9 Å². The molecule has 8 heteroatoms. The van der Waals surface area contributed by atoms with Crippen LogP contribution in [-0.4, -0.2) is 59.0 Å². The first-order valence-corrected chi connectivity index (χ1v) is 8.25. The number of rotatable bonds is 7. The Balaban J connectivity index is 2.52. The molecule has 0 aliphatic heterocycles. The predicted molar refractivity (Wildman–Crippen MR) is 81.6 cm³/mol. The first-order chi connectivity index (χ1) is 10.5. The van der Waals surface area contributed by atoms with Gasteiger partial charge in [-0.25, -0.2) is 8.42 Å². The Labute approximate surface area is 129 Å². The largest absolute Gasteiger partial charge is 0.395 e. The minimum Gasteiger partial charge on any atom is -0.395 e. The molecule has 2 rings (SSSR count). The van der Waals surface area contributed by atoms with Gasteiger partial charge in [-0.1, -0.05) is 30.3 Å². The van der Waals surface area contributed by atoms with Crippen molar-refractivity contribution < 1.29 is 18.6 Å². The summed E-state index contributed by atoms with van der Waals surface area (Å²) in [4.78, 5) is 0.0584. The van der Waals surface area contributed by atoms with E-state index in [1.165, 1.54) is 10.9 Å². The van der Waals surface area contributed by atoms with Crippen LogP contribution in [0.3, 0.4) is 0 Å². The van der Waals surface area contributed by atoms with E-state index in [0.717, 1.165) is 4.31 Å². The average Bonchev–Trinajstić information content (AvgIpc) is 2.91. The van der Waals surface area contributed by atoms with Crippen LogP contribution in [0.5, 0.6) is 0 Å². The number of aliphatic hydroxyl groups is 2. The first kappa shape index (κ1) is 16.6. The van der Waals surface area contributed by atoms with E-state index in [9.17, 15) is 8.42 Å². The molecule has 1 aromatic heterocycles. The van der Waals surface area contributed by atoms with Crippen LogP contribution >= 0.6 is 0 Å². The first-order valence-electron chi connectivity index (χ1n) is 6.81. The fourth-order valence-electron chi connectivity index (χ4n) is 2.17. The third-order valence-electron chi connectivity index (χ3n) is 3.16. The average molecular weight is 325 g/mol. The number of hydrogen-bond donors (Lipinski definition) is 2. The fraction of sp³-hybridized carbons (Fsp3) is 0.357. The van der Waals surface area contributed by atoms with E-state index < -0.39 is 10.0 Å². The second kappa shape index (κ2) is 7.01. The molecule has 0 unspecified atom stereocenters. The summed E-state index contributed by atoms with van der Waals surface area (Å²) >= 11 is 0. The highest BCUT2D eigenvalue weighted by atomic mass is 32.2. The predicted octanol–water partition coefficient (Wildman–Crippen LogP) is 0.0624. The number of sulfonamides is 1. The van der Waals surface area contributed by atoms with Gasteiger partial charge in [-0.2, -0.15) is 9.40 Å². The molecule has 0 spiro atoms. The van der Waals surface area contributed by atoms with Crippen LogP contribution in [0.25, 0.3) is 11.3 Å². The van der Waals surface area contributed by atoms with Gasteiger partial charge < -0.3 is 10.2 Å². The molecule has 0 aliphatic rings. The van der Waals surface area contributed by atoms with E-state index in [2.05, 4.69) is 5.10 Å². The molecule has 0 saturated heterocycles. The van der Waals surface area contributed by atoms with Crippen molar-refractivity contribution in [3.63, 3.8) is 0 Å². The van der Waals surface area contributed by atoms with Crippen LogP contribution in [0.1, 0.15) is 0 Å². The molecule has 7 nitrogen and oxygen atoms in total. The van der Waals surface area contributed by atoms with Gasteiger partial charge >= 0.3 is 0 Å². The highest BCUT2D eigenvalue weighted by molar-refractivity contribution is 7.89. The Bertz CT molecular complexity index is 707. The summed E-state index contributed by atoms with van der Waals surface area (Å²) in [5.74, 6) is 0. The Kier molecular flexibility index (Phi) is 5.30. The van der Waals surface area contributed by atoms with Gasteiger partial charge in [-0.15, -0.1) is 0 Å². The molecule has 1 heterocycles. The second-order valence-corrected chi connectivity index (χ2v) is 6.64. The van der Waals surface area contributed by atoms with Gasteiger partial charge in [0.2, 0.25) is 10.0 Å². The van der Waals surface area contributed by atoms with Crippen LogP contribution in [-0.2, 0) is 17.1 Å². The van der Waals surface area contributed by atoms with Gasteiger partial charge in [-0.3, -0.25) is 4.68 Å². The van der Waals surface area contributed by atoms with Crippen molar-refractivity contribution in [3.8, 4) is 11.3 Å². The van der Waals surface area contributed by atoms with E-state index in [-0.39, 0.29) is 31.2 Å². The lowest BCUT2D eigenvalue weighted by molar-refractivity contribution is 0.217. The molecule has 0 atom stereocenters. The standard InChI is InChI=1S/C14H19N3O4S/c1-16-11-13(14(15-16)12-5-3-2-4-6-12)22(20,21)17(7-9-18)8-10-19/h2-6,11,18-19H,7-10H2,1H3. The minimum absolute atomic E-state index is 0.0584. The zero-order valence-corrected chi connectivity index (χ0v) is 13.1. The summed E-state index contributed by atoms with van der Waals surface area (Å²) in [7, 11) is -2.21. The van der Waals surface area contributed by atoms with Crippen LogP contribution in [0.2, 0.25) is 0 Å². The van der Waals surface area contributed by atoms with Crippen LogP contribution in [0.15, 0.2) is 41.4 Å². The van der Waals surface area contributed by atoms with Crippen LogP contribution in [0.4, 0.5) is 0 Å². The van der Waals surface area contributed by atoms with Gasteiger partial charge in [0.05, 0.1) is 13.2 Å². The van der Waals surface area contributed by atoms with E-state index >= 15 is 0 Å². The number of benzene rings is 1. The maximum atomic E-state index is 12.8. The number of hydrogen-bond acceptors (Lipinski definition) is 5. The normalized spacial score (nSPS) is 12.0. The van der Waals surface area contributed by atoms with E-state index in [1.54, 1.807) is 31.3 Å². The maximum absolute atomic E-state index is 12.8. The van der Waals surface area contributed by atoms with Crippen molar-refractivity contribution in [1.82, 2.24) is 14.1 Å². The Hall–Kier alpha value is -1.74.